The van der Waals surface area contributed by atoms with E-state index in [1.54, 1.807) is 12.2 Å². The van der Waals surface area contributed by atoms with Crippen LogP contribution < -0.4 is 0 Å². The van der Waals surface area contributed by atoms with E-state index in [-0.39, 0.29) is 0 Å². The minimum absolute atomic E-state index is 0.387. The molecule has 0 saturated carbocycles. The maximum Gasteiger partial charge on any atom is 0.330 e. The Morgan fingerprint density at radius 3 is 2.76 bits per heavy atom. The molecule has 1 unspecified atom stereocenters. The molecule has 1 atom stereocenters. The second-order valence-electron chi connectivity index (χ2n) is 3.50. The van der Waals surface area contributed by atoms with Gasteiger partial charge in [0.1, 0.15) is 0 Å². The molecule has 0 aliphatic heterocycles. The van der Waals surface area contributed by atoms with Crippen molar-refractivity contribution in [1.29, 1.82) is 0 Å². The van der Waals surface area contributed by atoms with Gasteiger partial charge in [-0.25, -0.2) is 4.79 Å². The molecule has 0 fully saturated rings. The lowest BCUT2D eigenvalue weighted by atomic mass is 10.1. The summed E-state index contributed by atoms with van der Waals surface area (Å²) in [5.41, 5.74) is 1.03. The van der Waals surface area contributed by atoms with Gasteiger partial charge in [-0.1, -0.05) is 48.6 Å². The molecule has 0 amide bonds. The van der Waals surface area contributed by atoms with Crippen LogP contribution in [0.15, 0.2) is 48.6 Å². The number of esters is 1. The first kappa shape index (κ1) is 13.2. The van der Waals surface area contributed by atoms with E-state index in [4.69, 9.17) is 0 Å². The Kier molecular flexibility index (Phi) is 5.75. The number of aliphatic hydroxyl groups is 1. The number of methoxy groups -OCH3 is 1. The van der Waals surface area contributed by atoms with Crippen LogP contribution in [0.4, 0.5) is 0 Å². The summed E-state index contributed by atoms with van der Waals surface area (Å²) in [6.07, 6.45) is 6.22. The van der Waals surface area contributed by atoms with Gasteiger partial charge in [-0.15, -0.1) is 0 Å². The highest BCUT2D eigenvalue weighted by molar-refractivity contribution is 5.81. The number of hydrogen-bond donors (Lipinski definition) is 1. The van der Waals surface area contributed by atoms with E-state index in [0.717, 1.165) is 5.56 Å². The van der Waals surface area contributed by atoms with E-state index in [2.05, 4.69) is 4.74 Å². The molecule has 1 aromatic rings. The van der Waals surface area contributed by atoms with Crippen molar-refractivity contribution in [3.8, 4) is 0 Å². The van der Waals surface area contributed by atoms with Crippen LogP contribution in [-0.4, -0.2) is 24.3 Å². The van der Waals surface area contributed by atoms with Gasteiger partial charge < -0.3 is 9.84 Å². The average molecular weight is 232 g/mol. The molecule has 0 bridgehead atoms. The number of aliphatic hydroxyl groups excluding tert-OH is 1. The lowest BCUT2D eigenvalue weighted by Crippen LogP contribution is -2.00. The maximum atomic E-state index is 10.8. The smallest absolute Gasteiger partial charge is 0.330 e. The van der Waals surface area contributed by atoms with E-state index < -0.39 is 12.1 Å². The van der Waals surface area contributed by atoms with Gasteiger partial charge in [0.25, 0.3) is 0 Å². The third-order valence-electron chi connectivity index (χ3n) is 2.14. The molecular formula is C14H16O3. The van der Waals surface area contributed by atoms with Crippen molar-refractivity contribution in [3.05, 3.63) is 54.1 Å². The number of carbonyl (C=O) groups excluding carboxylic acids is 1. The van der Waals surface area contributed by atoms with Gasteiger partial charge in [-0.2, -0.15) is 0 Å². The lowest BCUT2D eigenvalue weighted by molar-refractivity contribution is -0.134. The molecule has 0 saturated heterocycles. The molecule has 1 N–H and O–H groups in total. The third-order valence-corrected chi connectivity index (χ3v) is 2.14. The van der Waals surface area contributed by atoms with Crippen LogP contribution >= 0.6 is 0 Å². The second-order valence-corrected chi connectivity index (χ2v) is 3.50. The molecule has 90 valence electrons. The molecular weight excluding hydrogens is 216 g/mol. The second kappa shape index (κ2) is 7.41. The van der Waals surface area contributed by atoms with Crippen LogP contribution in [0.5, 0.6) is 0 Å². The van der Waals surface area contributed by atoms with Crippen LogP contribution in [0.2, 0.25) is 0 Å². The maximum absolute atomic E-state index is 10.8. The van der Waals surface area contributed by atoms with E-state index >= 15 is 0 Å². The highest BCUT2D eigenvalue weighted by Crippen LogP contribution is 2.04. The Bertz CT molecular complexity index is 393. The normalized spacial score (nSPS) is 13.1. The molecule has 17 heavy (non-hydrogen) atoms. The van der Waals surface area contributed by atoms with E-state index in [0.29, 0.717) is 6.42 Å². The zero-order valence-corrected chi connectivity index (χ0v) is 9.74. The monoisotopic (exact) mass is 232 g/mol. The van der Waals surface area contributed by atoms with E-state index in [1.807, 2.05) is 36.4 Å². The Morgan fingerprint density at radius 2 is 2.12 bits per heavy atom. The third kappa shape index (κ3) is 5.68. The van der Waals surface area contributed by atoms with Gasteiger partial charge >= 0.3 is 5.97 Å². The first-order valence-electron chi connectivity index (χ1n) is 5.38. The minimum atomic E-state index is -0.601. The zero-order chi connectivity index (χ0) is 12.5. The highest BCUT2D eigenvalue weighted by Gasteiger charge is 1.96. The summed E-state index contributed by atoms with van der Waals surface area (Å²) in [5, 5.41) is 9.61. The van der Waals surface area contributed by atoms with Crippen LogP contribution in [-0.2, 0) is 9.53 Å². The first-order valence-corrected chi connectivity index (χ1v) is 5.38. The molecule has 3 nitrogen and oxygen atoms in total. The number of hydrogen-bond acceptors (Lipinski definition) is 3. The molecule has 3 heteroatoms. The SMILES string of the molecule is COC(=O)C=CCC(O)C=Cc1ccccc1. The summed E-state index contributed by atoms with van der Waals surface area (Å²) in [6.45, 7) is 0. The fourth-order valence-corrected chi connectivity index (χ4v) is 1.24. The first-order chi connectivity index (χ1) is 8.22. The van der Waals surface area contributed by atoms with Crippen molar-refractivity contribution in [1.82, 2.24) is 0 Å². The van der Waals surface area contributed by atoms with Gasteiger partial charge in [0.05, 0.1) is 13.2 Å². The summed E-state index contributed by atoms with van der Waals surface area (Å²) in [7, 11) is 1.32. The Morgan fingerprint density at radius 1 is 1.41 bits per heavy atom. The molecule has 0 spiro atoms. The van der Waals surface area contributed by atoms with Crippen molar-refractivity contribution in [2.75, 3.05) is 7.11 Å². The fourth-order valence-electron chi connectivity index (χ4n) is 1.24. The van der Waals surface area contributed by atoms with Crippen molar-refractivity contribution >= 4 is 12.0 Å². The predicted molar refractivity (Wildman–Crippen MR) is 67.3 cm³/mol. The lowest BCUT2D eigenvalue weighted by Gasteiger charge is -2.00. The van der Waals surface area contributed by atoms with Gasteiger partial charge in [0.2, 0.25) is 0 Å². The Labute approximate surface area is 101 Å². The number of rotatable bonds is 5. The van der Waals surface area contributed by atoms with Crippen LogP contribution in [0, 0.1) is 0 Å². The van der Waals surface area contributed by atoms with Gasteiger partial charge in [0.15, 0.2) is 0 Å². The van der Waals surface area contributed by atoms with Crippen LogP contribution in [0.1, 0.15) is 12.0 Å². The Hall–Kier alpha value is -1.87. The Balaban J connectivity index is 2.39. The predicted octanol–water partition coefficient (Wildman–Crippen LogP) is 2.18. The summed E-state index contributed by atoms with van der Waals surface area (Å²) < 4.78 is 4.44. The highest BCUT2D eigenvalue weighted by atomic mass is 16.5. The average Bonchev–Trinajstić information content (AvgIpc) is 2.37. The van der Waals surface area contributed by atoms with Gasteiger partial charge in [-0.3, -0.25) is 0 Å². The van der Waals surface area contributed by atoms with Crippen LogP contribution in [0.3, 0.4) is 0 Å². The van der Waals surface area contributed by atoms with E-state index in [1.165, 1.54) is 13.2 Å². The zero-order valence-electron chi connectivity index (χ0n) is 9.74. The largest absolute Gasteiger partial charge is 0.466 e. The molecule has 0 heterocycles. The van der Waals surface area contributed by atoms with Gasteiger partial charge in [-0.05, 0) is 12.0 Å². The molecule has 0 aliphatic rings. The molecule has 0 aromatic heterocycles. The molecule has 1 rings (SSSR count). The molecule has 0 aliphatic carbocycles. The summed E-state index contributed by atoms with van der Waals surface area (Å²) >= 11 is 0. The number of ether oxygens (including phenoxy) is 1. The standard InChI is InChI=1S/C14H16O3/c1-17-14(16)9-5-8-13(15)11-10-12-6-3-2-4-7-12/h2-7,9-11,13,15H,8H2,1H3. The van der Waals surface area contributed by atoms with Crippen molar-refractivity contribution in [3.63, 3.8) is 0 Å². The fraction of sp³-hybridized carbons (Fsp3) is 0.214. The van der Waals surface area contributed by atoms with Crippen LogP contribution in [0.25, 0.3) is 6.08 Å². The molecule has 1 aromatic carbocycles. The topological polar surface area (TPSA) is 46.5 Å². The van der Waals surface area contributed by atoms with Crippen molar-refractivity contribution < 1.29 is 14.6 Å². The van der Waals surface area contributed by atoms with Gasteiger partial charge in [0, 0.05) is 6.08 Å². The summed E-state index contributed by atoms with van der Waals surface area (Å²) in [6, 6.07) is 9.71. The van der Waals surface area contributed by atoms with Crippen molar-refractivity contribution in [2.45, 2.75) is 12.5 Å². The summed E-state index contributed by atoms with van der Waals surface area (Å²) in [4.78, 5) is 10.8. The van der Waals surface area contributed by atoms with Crippen molar-refractivity contribution in [2.24, 2.45) is 0 Å². The summed E-state index contributed by atoms with van der Waals surface area (Å²) in [5.74, 6) is -0.413. The minimum Gasteiger partial charge on any atom is -0.466 e. The molecule has 0 radical (unpaired) electrons. The number of benzene rings is 1. The number of carbonyl (C=O) groups is 1. The quantitative estimate of drug-likeness (QED) is 0.625. The van der Waals surface area contributed by atoms with E-state index in [9.17, 15) is 9.90 Å².